The van der Waals surface area contributed by atoms with Gasteiger partial charge in [-0.15, -0.1) is 0 Å². The quantitative estimate of drug-likeness (QED) is 0.902. The van der Waals surface area contributed by atoms with E-state index in [0.717, 1.165) is 16.9 Å². The molecule has 0 amide bonds. The van der Waals surface area contributed by atoms with E-state index in [1.54, 1.807) is 12.1 Å². The summed E-state index contributed by atoms with van der Waals surface area (Å²) >= 11 is 0. The van der Waals surface area contributed by atoms with E-state index in [4.69, 9.17) is 10.5 Å². The Morgan fingerprint density at radius 1 is 1.10 bits per heavy atom. The zero-order valence-electron chi connectivity index (χ0n) is 11.9. The molecule has 0 aliphatic rings. The Labute approximate surface area is 119 Å². The molecule has 0 bridgehead atoms. The molecular formula is C17H20FNO. The van der Waals surface area contributed by atoms with Gasteiger partial charge in [-0.1, -0.05) is 30.3 Å². The fourth-order valence-electron chi connectivity index (χ4n) is 2.34. The molecule has 0 aliphatic carbocycles. The lowest BCUT2D eigenvalue weighted by Gasteiger charge is -2.27. The summed E-state index contributed by atoms with van der Waals surface area (Å²) in [7, 11) is 0. The lowest BCUT2D eigenvalue weighted by Crippen LogP contribution is -2.36. The van der Waals surface area contributed by atoms with Crippen molar-refractivity contribution in [2.24, 2.45) is 5.73 Å². The zero-order valence-corrected chi connectivity index (χ0v) is 11.9. The number of halogens is 1. The Bertz CT molecular complexity index is 563. The number of para-hydroxylation sites is 1. The average molecular weight is 273 g/mol. The number of hydrogen-bond donors (Lipinski definition) is 1. The smallest absolute Gasteiger partial charge is 0.124 e. The van der Waals surface area contributed by atoms with E-state index in [-0.39, 0.29) is 5.82 Å². The molecule has 0 fully saturated rings. The number of ether oxygens (including phenoxy) is 1. The van der Waals surface area contributed by atoms with Gasteiger partial charge in [-0.25, -0.2) is 4.39 Å². The van der Waals surface area contributed by atoms with Gasteiger partial charge >= 0.3 is 0 Å². The topological polar surface area (TPSA) is 35.2 Å². The van der Waals surface area contributed by atoms with Crippen LogP contribution in [0.1, 0.15) is 25.0 Å². The fraction of sp³-hybridized carbons (Fsp3) is 0.294. The summed E-state index contributed by atoms with van der Waals surface area (Å²) in [5.74, 6) is 0.573. The highest BCUT2D eigenvalue weighted by molar-refractivity contribution is 5.39. The summed E-state index contributed by atoms with van der Waals surface area (Å²) in [6.07, 6.45) is 0.622. The van der Waals surface area contributed by atoms with Crippen LogP contribution in [0.4, 0.5) is 4.39 Å². The average Bonchev–Trinajstić information content (AvgIpc) is 2.42. The molecule has 0 radical (unpaired) electrons. The lowest BCUT2D eigenvalue weighted by atomic mass is 9.86. The van der Waals surface area contributed by atoms with Gasteiger partial charge in [0.2, 0.25) is 0 Å². The van der Waals surface area contributed by atoms with Crippen molar-refractivity contribution >= 4 is 0 Å². The number of benzene rings is 2. The maximum Gasteiger partial charge on any atom is 0.124 e. The molecule has 2 nitrogen and oxygen atoms in total. The predicted octanol–water partition coefficient (Wildman–Crippen LogP) is 3.64. The highest BCUT2D eigenvalue weighted by atomic mass is 19.1. The minimum Gasteiger partial charge on any atom is -0.494 e. The third kappa shape index (κ3) is 3.36. The van der Waals surface area contributed by atoms with Crippen LogP contribution in [0.25, 0.3) is 0 Å². The van der Waals surface area contributed by atoms with E-state index in [1.807, 2.05) is 38.1 Å². The van der Waals surface area contributed by atoms with Crippen LogP contribution in [-0.4, -0.2) is 6.61 Å². The van der Waals surface area contributed by atoms with Gasteiger partial charge in [0, 0.05) is 11.1 Å². The Balaban J connectivity index is 2.27. The molecule has 0 aromatic heterocycles. The van der Waals surface area contributed by atoms with Crippen molar-refractivity contribution in [1.29, 1.82) is 0 Å². The van der Waals surface area contributed by atoms with Gasteiger partial charge in [-0.3, -0.25) is 0 Å². The molecule has 1 unspecified atom stereocenters. The van der Waals surface area contributed by atoms with Crippen LogP contribution in [0, 0.1) is 5.82 Å². The number of rotatable bonds is 5. The van der Waals surface area contributed by atoms with Crippen LogP contribution in [-0.2, 0) is 12.0 Å². The van der Waals surface area contributed by atoms with Crippen molar-refractivity contribution in [2.75, 3.05) is 6.61 Å². The summed E-state index contributed by atoms with van der Waals surface area (Å²) in [5, 5.41) is 0. The monoisotopic (exact) mass is 273 g/mol. The summed E-state index contributed by atoms with van der Waals surface area (Å²) in [6, 6.07) is 14.2. The van der Waals surface area contributed by atoms with Gasteiger partial charge in [-0.2, -0.15) is 0 Å². The fourth-order valence-corrected chi connectivity index (χ4v) is 2.34. The zero-order chi connectivity index (χ0) is 14.6. The number of nitrogens with two attached hydrogens (primary N) is 1. The van der Waals surface area contributed by atoms with E-state index >= 15 is 0 Å². The first-order chi connectivity index (χ1) is 9.53. The van der Waals surface area contributed by atoms with Crippen LogP contribution < -0.4 is 10.5 Å². The summed E-state index contributed by atoms with van der Waals surface area (Å²) in [5.41, 5.74) is 7.87. The lowest BCUT2D eigenvalue weighted by molar-refractivity contribution is 0.325. The molecule has 0 spiro atoms. The first-order valence-electron chi connectivity index (χ1n) is 6.78. The van der Waals surface area contributed by atoms with Crippen molar-refractivity contribution < 1.29 is 9.13 Å². The van der Waals surface area contributed by atoms with Gasteiger partial charge in [0.05, 0.1) is 6.61 Å². The SMILES string of the molecule is CCOc1ccccc1C(C)(N)Cc1ccc(F)cc1. The van der Waals surface area contributed by atoms with Crippen molar-refractivity contribution in [3.63, 3.8) is 0 Å². The molecule has 3 heteroatoms. The first-order valence-corrected chi connectivity index (χ1v) is 6.78. The second-order valence-electron chi connectivity index (χ2n) is 5.15. The van der Waals surface area contributed by atoms with Crippen LogP contribution in [0.15, 0.2) is 48.5 Å². The van der Waals surface area contributed by atoms with Gasteiger partial charge in [0.1, 0.15) is 11.6 Å². The largest absolute Gasteiger partial charge is 0.494 e. The number of hydrogen-bond acceptors (Lipinski definition) is 2. The molecule has 0 heterocycles. The van der Waals surface area contributed by atoms with E-state index in [0.29, 0.717) is 13.0 Å². The molecule has 0 saturated heterocycles. The van der Waals surface area contributed by atoms with Gasteiger partial charge in [0.15, 0.2) is 0 Å². The van der Waals surface area contributed by atoms with Crippen molar-refractivity contribution in [3.8, 4) is 5.75 Å². The minimum absolute atomic E-state index is 0.234. The molecular weight excluding hydrogens is 253 g/mol. The van der Waals surface area contributed by atoms with E-state index < -0.39 is 5.54 Å². The third-order valence-electron chi connectivity index (χ3n) is 3.29. The summed E-state index contributed by atoms with van der Waals surface area (Å²) in [6.45, 7) is 4.52. The molecule has 2 rings (SSSR count). The van der Waals surface area contributed by atoms with Crippen LogP contribution >= 0.6 is 0 Å². The van der Waals surface area contributed by atoms with Crippen molar-refractivity contribution in [1.82, 2.24) is 0 Å². The third-order valence-corrected chi connectivity index (χ3v) is 3.29. The molecule has 1 atom stereocenters. The Kier molecular flexibility index (Phi) is 4.40. The summed E-state index contributed by atoms with van der Waals surface area (Å²) in [4.78, 5) is 0. The standard InChI is InChI=1S/C17H20FNO/c1-3-20-16-7-5-4-6-15(16)17(2,19)12-13-8-10-14(18)11-9-13/h4-11H,3,12,19H2,1-2H3. The second kappa shape index (κ2) is 6.06. The van der Waals surface area contributed by atoms with Gasteiger partial charge < -0.3 is 10.5 Å². The highest BCUT2D eigenvalue weighted by Gasteiger charge is 2.25. The first kappa shape index (κ1) is 14.5. The van der Waals surface area contributed by atoms with Gasteiger partial charge in [0.25, 0.3) is 0 Å². The molecule has 2 aromatic rings. The molecule has 106 valence electrons. The Hall–Kier alpha value is -1.87. The molecule has 2 aromatic carbocycles. The van der Waals surface area contributed by atoms with Crippen LogP contribution in [0.2, 0.25) is 0 Å². The molecule has 0 saturated carbocycles. The van der Waals surface area contributed by atoms with Gasteiger partial charge in [-0.05, 0) is 44.0 Å². The van der Waals surface area contributed by atoms with E-state index in [2.05, 4.69) is 0 Å². The predicted molar refractivity (Wildman–Crippen MR) is 79.3 cm³/mol. The highest BCUT2D eigenvalue weighted by Crippen LogP contribution is 2.30. The van der Waals surface area contributed by atoms with Crippen LogP contribution in [0.5, 0.6) is 5.75 Å². The van der Waals surface area contributed by atoms with Crippen LogP contribution in [0.3, 0.4) is 0 Å². The molecule has 0 aliphatic heterocycles. The summed E-state index contributed by atoms with van der Waals surface area (Å²) < 4.78 is 18.6. The maximum absolute atomic E-state index is 13.0. The molecule has 20 heavy (non-hydrogen) atoms. The maximum atomic E-state index is 13.0. The molecule has 2 N–H and O–H groups in total. The van der Waals surface area contributed by atoms with E-state index in [9.17, 15) is 4.39 Å². The Morgan fingerprint density at radius 3 is 2.40 bits per heavy atom. The van der Waals surface area contributed by atoms with Crippen molar-refractivity contribution in [3.05, 3.63) is 65.5 Å². The Morgan fingerprint density at radius 2 is 1.75 bits per heavy atom. The normalized spacial score (nSPS) is 13.8. The van der Waals surface area contributed by atoms with E-state index in [1.165, 1.54) is 12.1 Å². The second-order valence-corrected chi connectivity index (χ2v) is 5.15. The van der Waals surface area contributed by atoms with Crippen molar-refractivity contribution in [2.45, 2.75) is 25.8 Å². The minimum atomic E-state index is -0.566.